The summed E-state index contributed by atoms with van der Waals surface area (Å²) in [4.78, 5) is 24.9. The van der Waals surface area contributed by atoms with E-state index in [1.54, 1.807) is 48.5 Å². The van der Waals surface area contributed by atoms with E-state index in [0.717, 1.165) is 5.75 Å². The summed E-state index contributed by atoms with van der Waals surface area (Å²) in [5.41, 5.74) is 1.30. The van der Waals surface area contributed by atoms with Gasteiger partial charge in [-0.25, -0.2) is 0 Å². The van der Waals surface area contributed by atoms with Crippen LogP contribution in [0.1, 0.15) is 27.6 Å². The van der Waals surface area contributed by atoms with E-state index in [1.807, 2.05) is 37.3 Å². The van der Waals surface area contributed by atoms with E-state index in [4.69, 9.17) is 9.47 Å². The second kappa shape index (κ2) is 10.7. The zero-order valence-electron chi connectivity index (χ0n) is 16.8. The van der Waals surface area contributed by atoms with Gasteiger partial charge in [0, 0.05) is 12.1 Å². The third kappa shape index (κ3) is 5.85. The first-order chi connectivity index (χ1) is 14.7. The number of para-hydroxylation sites is 2. The smallest absolute Gasteiger partial charge is 0.255 e. The fourth-order valence-corrected chi connectivity index (χ4v) is 2.80. The lowest BCUT2D eigenvalue weighted by atomic mass is 10.1. The van der Waals surface area contributed by atoms with Crippen LogP contribution in [0, 0.1) is 0 Å². The van der Waals surface area contributed by atoms with Gasteiger partial charge < -0.3 is 20.1 Å². The van der Waals surface area contributed by atoms with E-state index >= 15 is 0 Å². The van der Waals surface area contributed by atoms with E-state index in [-0.39, 0.29) is 11.8 Å². The highest BCUT2D eigenvalue weighted by Gasteiger charge is 2.14. The maximum Gasteiger partial charge on any atom is 0.255 e. The van der Waals surface area contributed by atoms with Crippen LogP contribution in [-0.4, -0.2) is 31.6 Å². The Morgan fingerprint density at radius 2 is 1.43 bits per heavy atom. The lowest BCUT2D eigenvalue weighted by molar-refractivity contribution is 0.0956. The highest BCUT2D eigenvalue weighted by atomic mass is 16.5. The van der Waals surface area contributed by atoms with Crippen molar-refractivity contribution < 1.29 is 19.1 Å². The topological polar surface area (TPSA) is 76.7 Å². The van der Waals surface area contributed by atoms with E-state index in [0.29, 0.717) is 42.3 Å². The predicted molar refractivity (Wildman–Crippen MR) is 116 cm³/mol. The molecule has 30 heavy (non-hydrogen) atoms. The molecule has 0 aliphatic carbocycles. The number of amides is 2. The van der Waals surface area contributed by atoms with Crippen LogP contribution in [0.4, 0.5) is 5.69 Å². The number of rotatable bonds is 9. The van der Waals surface area contributed by atoms with Gasteiger partial charge >= 0.3 is 0 Å². The number of carbonyl (C=O) groups excluding carboxylic acids is 2. The van der Waals surface area contributed by atoms with Crippen LogP contribution in [0.5, 0.6) is 11.5 Å². The summed E-state index contributed by atoms with van der Waals surface area (Å²) in [5.74, 6) is 0.790. The molecule has 0 saturated carbocycles. The molecule has 3 aromatic rings. The van der Waals surface area contributed by atoms with Gasteiger partial charge in [0.05, 0.1) is 11.3 Å². The molecule has 6 nitrogen and oxygen atoms in total. The Bertz CT molecular complexity index is 989. The summed E-state index contributed by atoms with van der Waals surface area (Å²) >= 11 is 0. The van der Waals surface area contributed by atoms with E-state index in [1.165, 1.54) is 0 Å². The van der Waals surface area contributed by atoms with Crippen LogP contribution < -0.4 is 20.1 Å². The van der Waals surface area contributed by atoms with Gasteiger partial charge in [0.2, 0.25) is 0 Å². The van der Waals surface area contributed by atoms with E-state index in [9.17, 15) is 9.59 Å². The van der Waals surface area contributed by atoms with Gasteiger partial charge in [-0.2, -0.15) is 0 Å². The van der Waals surface area contributed by atoms with Gasteiger partial charge in [0.1, 0.15) is 24.7 Å². The van der Waals surface area contributed by atoms with Crippen LogP contribution in [0.15, 0.2) is 78.9 Å². The Kier molecular flexibility index (Phi) is 7.44. The minimum atomic E-state index is -0.322. The summed E-state index contributed by atoms with van der Waals surface area (Å²) in [5, 5.41) is 5.54. The second-order valence-corrected chi connectivity index (χ2v) is 6.40. The Morgan fingerprint density at radius 1 is 0.767 bits per heavy atom. The quantitative estimate of drug-likeness (QED) is 0.526. The molecule has 3 rings (SSSR count). The van der Waals surface area contributed by atoms with E-state index < -0.39 is 0 Å². The summed E-state index contributed by atoms with van der Waals surface area (Å²) in [6, 6.07) is 23.3. The zero-order chi connectivity index (χ0) is 21.2. The predicted octanol–water partition coefficient (Wildman–Crippen LogP) is 4.15. The zero-order valence-corrected chi connectivity index (χ0v) is 16.8. The van der Waals surface area contributed by atoms with Gasteiger partial charge in [0.15, 0.2) is 0 Å². The fourth-order valence-electron chi connectivity index (χ4n) is 2.80. The maximum absolute atomic E-state index is 12.7. The average Bonchev–Trinajstić information content (AvgIpc) is 2.78. The van der Waals surface area contributed by atoms with Crippen LogP contribution in [0.3, 0.4) is 0 Å². The lowest BCUT2D eigenvalue weighted by Crippen LogP contribution is -2.24. The Hall–Kier alpha value is -3.80. The Labute approximate surface area is 175 Å². The summed E-state index contributed by atoms with van der Waals surface area (Å²) in [6.45, 7) is 3.09. The third-order valence-electron chi connectivity index (χ3n) is 4.22. The normalized spacial score (nSPS) is 10.2. The minimum Gasteiger partial charge on any atom is -0.490 e. The van der Waals surface area contributed by atoms with Gasteiger partial charge in [-0.15, -0.1) is 0 Å². The van der Waals surface area contributed by atoms with Crippen LogP contribution in [-0.2, 0) is 0 Å². The number of anilines is 1. The molecule has 2 N–H and O–H groups in total. The van der Waals surface area contributed by atoms with E-state index in [2.05, 4.69) is 10.6 Å². The summed E-state index contributed by atoms with van der Waals surface area (Å²) < 4.78 is 11.3. The molecule has 3 aromatic carbocycles. The first-order valence-electron chi connectivity index (χ1n) is 9.76. The number of benzene rings is 3. The number of carbonyl (C=O) groups is 2. The highest BCUT2D eigenvalue weighted by molar-refractivity contribution is 6.09. The largest absolute Gasteiger partial charge is 0.490 e. The van der Waals surface area contributed by atoms with Crippen molar-refractivity contribution in [2.24, 2.45) is 0 Å². The molecular weight excluding hydrogens is 380 g/mol. The van der Waals surface area contributed by atoms with Gasteiger partial charge in [-0.05, 0) is 49.4 Å². The van der Waals surface area contributed by atoms with Crippen LogP contribution in [0.2, 0.25) is 0 Å². The van der Waals surface area contributed by atoms with Crippen LogP contribution >= 0.6 is 0 Å². The van der Waals surface area contributed by atoms with Crippen molar-refractivity contribution >= 4 is 17.5 Å². The van der Waals surface area contributed by atoms with Crippen LogP contribution in [0.25, 0.3) is 0 Å². The lowest BCUT2D eigenvalue weighted by Gasteiger charge is -2.12. The molecule has 6 heteroatoms. The molecule has 0 unspecified atom stereocenters. The van der Waals surface area contributed by atoms with Gasteiger partial charge in [0.25, 0.3) is 11.8 Å². The number of nitrogens with one attached hydrogen (secondary N) is 2. The summed E-state index contributed by atoms with van der Waals surface area (Å²) in [6.07, 6.45) is 0. The highest BCUT2D eigenvalue weighted by Crippen LogP contribution is 2.19. The third-order valence-corrected chi connectivity index (χ3v) is 4.22. The van der Waals surface area contributed by atoms with Crippen molar-refractivity contribution in [2.45, 2.75) is 6.92 Å². The number of ether oxygens (including phenoxy) is 2. The molecule has 0 heterocycles. The van der Waals surface area contributed by atoms with Crippen molar-refractivity contribution in [1.82, 2.24) is 5.32 Å². The molecule has 0 aromatic heterocycles. The average molecular weight is 404 g/mol. The molecule has 0 radical (unpaired) electrons. The van der Waals surface area contributed by atoms with Crippen molar-refractivity contribution in [3.8, 4) is 11.5 Å². The maximum atomic E-state index is 12.7. The molecule has 0 aliphatic rings. The first kappa shape index (κ1) is 20.9. The molecule has 154 valence electrons. The molecule has 0 atom stereocenters. The van der Waals surface area contributed by atoms with Crippen molar-refractivity contribution in [1.29, 1.82) is 0 Å². The minimum absolute atomic E-state index is 0.232. The molecule has 0 aliphatic heterocycles. The molecule has 0 saturated heterocycles. The fraction of sp³-hybridized carbons (Fsp3) is 0.167. The van der Waals surface area contributed by atoms with Crippen molar-refractivity contribution in [3.63, 3.8) is 0 Å². The molecule has 0 spiro atoms. The Morgan fingerprint density at radius 3 is 2.20 bits per heavy atom. The Balaban J connectivity index is 1.59. The first-order valence-corrected chi connectivity index (χ1v) is 9.76. The number of hydrogen-bond acceptors (Lipinski definition) is 4. The van der Waals surface area contributed by atoms with Gasteiger partial charge in [-0.3, -0.25) is 9.59 Å². The standard InChI is InChI=1S/C24H24N2O4/c1-2-25-24(28)21-13-6-7-14-22(21)26-23(27)18-9-8-12-20(17-18)30-16-15-29-19-10-4-3-5-11-19/h3-14,17H,2,15-16H2,1H3,(H,25,28)(H,26,27). The molecule has 2 amide bonds. The second-order valence-electron chi connectivity index (χ2n) is 6.40. The van der Waals surface area contributed by atoms with Crippen molar-refractivity contribution in [3.05, 3.63) is 90.0 Å². The SMILES string of the molecule is CCNC(=O)c1ccccc1NC(=O)c1cccc(OCCOc2ccccc2)c1. The molecular formula is C24H24N2O4. The van der Waals surface area contributed by atoms with Gasteiger partial charge in [-0.1, -0.05) is 36.4 Å². The number of hydrogen-bond donors (Lipinski definition) is 2. The van der Waals surface area contributed by atoms with Crippen molar-refractivity contribution in [2.75, 3.05) is 25.1 Å². The monoisotopic (exact) mass is 404 g/mol. The molecule has 0 bridgehead atoms. The molecule has 0 fully saturated rings. The summed E-state index contributed by atoms with van der Waals surface area (Å²) in [7, 11) is 0.